The van der Waals surface area contributed by atoms with Crippen molar-refractivity contribution < 1.29 is 9.18 Å². The van der Waals surface area contributed by atoms with Crippen molar-refractivity contribution in [3.05, 3.63) is 72.3 Å². The minimum absolute atomic E-state index is 0. The lowest BCUT2D eigenvalue weighted by Crippen LogP contribution is -2.28. The first-order valence-electron chi connectivity index (χ1n) is 8.31. The fraction of sp³-hybridized carbons (Fsp3) is 0.238. The average Bonchev–Trinajstić information content (AvgIpc) is 3.12. The molecule has 2 heterocycles. The fourth-order valence-corrected chi connectivity index (χ4v) is 3.41. The van der Waals surface area contributed by atoms with Crippen LogP contribution in [0.2, 0.25) is 0 Å². The van der Waals surface area contributed by atoms with Crippen LogP contribution in [0.4, 0.5) is 10.1 Å². The smallest absolute Gasteiger partial charge is 0.229 e. The minimum atomic E-state index is -0.263. The summed E-state index contributed by atoms with van der Waals surface area (Å²) in [5.41, 5.74) is 1.75. The molecule has 2 N–H and O–H groups in total. The van der Waals surface area contributed by atoms with Crippen LogP contribution in [-0.2, 0) is 4.79 Å². The zero-order valence-corrected chi connectivity index (χ0v) is 13.6. The van der Waals surface area contributed by atoms with Gasteiger partial charge in [0.2, 0.25) is 5.91 Å². The highest BCUT2D eigenvalue weighted by molar-refractivity contribution is 5.96. The molecule has 2 atom stereocenters. The van der Waals surface area contributed by atoms with E-state index >= 15 is 0 Å². The van der Waals surface area contributed by atoms with Gasteiger partial charge in [0, 0.05) is 42.5 Å². The SMILES string of the molecule is C.O=C(Nc1ccc2cnccc2c1)[C@@H]1CNC[C@H]1c1ccc(F)cc1. The number of hydrogen-bond donors (Lipinski definition) is 2. The number of carbonyl (C=O) groups is 1. The number of benzene rings is 2. The number of anilines is 1. The lowest BCUT2D eigenvalue weighted by Gasteiger charge is -2.19. The van der Waals surface area contributed by atoms with Gasteiger partial charge < -0.3 is 10.6 Å². The first-order chi connectivity index (χ1) is 12.2. The Hall–Kier alpha value is -2.79. The Kier molecular flexibility index (Phi) is 5.28. The van der Waals surface area contributed by atoms with Crippen LogP contribution in [0.3, 0.4) is 0 Å². The van der Waals surface area contributed by atoms with Crippen LogP contribution in [0.5, 0.6) is 0 Å². The highest BCUT2D eigenvalue weighted by atomic mass is 19.1. The van der Waals surface area contributed by atoms with Crippen LogP contribution in [0.1, 0.15) is 18.9 Å². The van der Waals surface area contributed by atoms with Crippen LogP contribution >= 0.6 is 0 Å². The maximum absolute atomic E-state index is 13.1. The summed E-state index contributed by atoms with van der Waals surface area (Å²) in [4.78, 5) is 16.9. The van der Waals surface area contributed by atoms with Gasteiger partial charge in [0.1, 0.15) is 5.82 Å². The molecule has 0 radical (unpaired) electrons. The molecular formula is C21H22FN3O. The van der Waals surface area contributed by atoms with Gasteiger partial charge in [-0.05, 0) is 41.3 Å². The van der Waals surface area contributed by atoms with Gasteiger partial charge in [-0.3, -0.25) is 9.78 Å². The maximum Gasteiger partial charge on any atom is 0.229 e. The molecule has 1 amide bonds. The third-order valence-electron chi connectivity index (χ3n) is 4.76. The summed E-state index contributed by atoms with van der Waals surface area (Å²) >= 11 is 0. The van der Waals surface area contributed by atoms with Crippen LogP contribution < -0.4 is 10.6 Å². The normalized spacial score (nSPS) is 19.1. The molecule has 2 aromatic carbocycles. The van der Waals surface area contributed by atoms with Crippen molar-refractivity contribution in [1.82, 2.24) is 10.3 Å². The van der Waals surface area contributed by atoms with E-state index in [9.17, 15) is 9.18 Å². The van der Waals surface area contributed by atoms with E-state index in [2.05, 4.69) is 15.6 Å². The van der Waals surface area contributed by atoms with Gasteiger partial charge >= 0.3 is 0 Å². The number of carbonyl (C=O) groups excluding carboxylic acids is 1. The number of pyridine rings is 1. The molecule has 4 rings (SSSR count). The number of halogens is 1. The fourth-order valence-electron chi connectivity index (χ4n) is 3.41. The number of nitrogens with zero attached hydrogens (tertiary/aromatic N) is 1. The van der Waals surface area contributed by atoms with Gasteiger partial charge in [-0.2, -0.15) is 0 Å². The molecule has 3 aromatic rings. The second-order valence-corrected chi connectivity index (χ2v) is 6.35. The summed E-state index contributed by atoms with van der Waals surface area (Å²) in [6, 6.07) is 14.1. The Labute approximate surface area is 152 Å². The third kappa shape index (κ3) is 3.58. The molecule has 1 fully saturated rings. The van der Waals surface area contributed by atoms with Crippen LogP contribution in [0, 0.1) is 11.7 Å². The predicted molar refractivity (Wildman–Crippen MR) is 103 cm³/mol. The first kappa shape index (κ1) is 18.0. The molecule has 134 valence electrons. The number of amides is 1. The van der Waals surface area contributed by atoms with E-state index in [1.54, 1.807) is 24.5 Å². The van der Waals surface area contributed by atoms with Crippen molar-refractivity contribution in [2.24, 2.45) is 5.92 Å². The molecule has 0 spiro atoms. The molecule has 0 saturated carbocycles. The van der Waals surface area contributed by atoms with Gasteiger partial charge in [-0.15, -0.1) is 0 Å². The molecule has 0 aliphatic carbocycles. The van der Waals surface area contributed by atoms with Crippen LogP contribution in [-0.4, -0.2) is 24.0 Å². The Balaban J connectivity index is 0.00000196. The van der Waals surface area contributed by atoms with E-state index in [0.29, 0.717) is 13.1 Å². The van der Waals surface area contributed by atoms with Crippen molar-refractivity contribution in [2.45, 2.75) is 13.3 Å². The Bertz CT molecular complexity index is 911. The predicted octanol–water partition coefficient (Wildman–Crippen LogP) is 3.95. The zero-order chi connectivity index (χ0) is 17.2. The summed E-state index contributed by atoms with van der Waals surface area (Å²) in [5, 5.41) is 8.35. The molecule has 1 aromatic heterocycles. The monoisotopic (exact) mass is 351 g/mol. The molecule has 26 heavy (non-hydrogen) atoms. The molecule has 0 bridgehead atoms. The van der Waals surface area contributed by atoms with Crippen molar-refractivity contribution in [1.29, 1.82) is 0 Å². The average molecular weight is 351 g/mol. The van der Waals surface area contributed by atoms with Gasteiger partial charge in [0.05, 0.1) is 5.92 Å². The van der Waals surface area contributed by atoms with Crippen molar-refractivity contribution in [3.63, 3.8) is 0 Å². The van der Waals surface area contributed by atoms with E-state index in [1.807, 2.05) is 24.3 Å². The van der Waals surface area contributed by atoms with Crippen molar-refractivity contribution in [2.75, 3.05) is 18.4 Å². The van der Waals surface area contributed by atoms with E-state index in [-0.39, 0.29) is 31.0 Å². The minimum Gasteiger partial charge on any atom is -0.326 e. The molecule has 1 aliphatic heterocycles. The van der Waals surface area contributed by atoms with Gasteiger partial charge in [-0.1, -0.05) is 25.6 Å². The summed E-state index contributed by atoms with van der Waals surface area (Å²) in [6.07, 6.45) is 3.53. The lowest BCUT2D eigenvalue weighted by atomic mass is 9.88. The molecule has 5 heteroatoms. The van der Waals surface area contributed by atoms with E-state index in [0.717, 1.165) is 22.0 Å². The number of hydrogen-bond acceptors (Lipinski definition) is 3. The van der Waals surface area contributed by atoms with Crippen LogP contribution in [0.15, 0.2) is 60.9 Å². The van der Waals surface area contributed by atoms with Gasteiger partial charge in [0.25, 0.3) is 0 Å². The van der Waals surface area contributed by atoms with E-state index in [1.165, 1.54) is 12.1 Å². The third-order valence-corrected chi connectivity index (χ3v) is 4.76. The molecule has 1 saturated heterocycles. The standard InChI is InChI=1S/C20H18FN3O.CH4/c21-16-4-1-13(2-5-16)18-11-23-12-19(18)20(25)24-17-6-3-15-10-22-8-7-14(15)9-17;/h1-10,18-19,23H,11-12H2,(H,24,25);1H4/t18-,19+;/m0./s1. The lowest BCUT2D eigenvalue weighted by molar-refractivity contribution is -0.119. The largest absolute Gasteiger partial charge is 0.326 e. The zero-order valence-electron chi connectivity index (χ0n) is 13.6. The van der Waals surface area contributed by atoms with Crippen molar-refractivity contribution >= 4 is 22.4 Å². The second kappa shape index (κ2) is 7.62. The summed E-state index contributed by atoms with van der Waals surface area (Å²) in [6.45, 7) is 1.33. The summed E-state index contributed by atoms with van der Waals surface area (Å²) in [7, 11) is 0. The second-order valence-electron chi connectivity index (χ2n) is 6.35. The number of nitrogens with one attached hydrogen (secondary N) is 2. The van der Waals surface area contributed by atoms with E-state index in [4.69, 9.17) is 0 Å². The van der Waals surface area contributed by atoms with Crippen molar-refractivity contribution in [3.8, 4) is 0 Å². The first-order valence-corrected chi connectivity index (χ1v) is 8.31. The number of aromatic nitrogens is 1. The summed E-state index contributed by atoms with van der Waals surface area (Å²) in [5.74, 6) is -0.419. The molecule has 1 aliphatic rings. The Morgan fingerprint density at radius 2 is 1.88 bits per heavy atom. The van der Waals surface area contributed by atoms with Gasteiger partial charge in [0.15, 0.2) is 0 Å². The molecular weight excluding hydrogens is 329 g/mol. The van der Waals surface area contributed by atoms with Gasteiger partial charge in [-0.25, -0.2) is 4.39 Å². The highest BCUT2D eigenvalue weighted by Crippen LogP contribution is 2.29. The topological polar surface area (TPSA) is 54.0 Å². The highest BCUT2D eigenvalue weighted by Gasteiger charge is 2.34. The quantitative estimate of drug-likeness (QED) is 0.751. The van der Waals surface area contributed by atoms with E-state index < -0.39 is 0 Å². The Morgan fingerprint density at radius 1 is 1.08 bits per heavy atom. The Morgan fingerprint density at radius 3 is 2.69 bits per heavy atom. The maximum atomic E-state index is 13.1. The molecule has 4 nitrogen and oxygen atoms in total. The number of rotatable bonds is 3. The number of fused-ring (bicyclic) bond motifs is 1. The summed E-state index contributed by atoms with van der Waals surface area (Å²) < 4.78 is 13.1. The molecule has 0 unspecified atom stereocenters. The van der Waals surface area contributed by atoms with Crippen LogP contribution in [0.25, 0.3) is 10.8 Å².